The Morgan fingerprint density at radius 1 is 1.16 bits per heavy atom. The van der Waals surface area contributed by atoms with Gasteiger partial charge in [0, 0.05) is 42.2 Å². The van der Waals surface area contributed by atoms with Gasteiger partial charge in [-0.3, -0.25) is 19.3 Å². The van der Waals surface area contributed by atoms with E-state index in [0.29, 0.717) is 6.07 Å². The maximum atomic E-state index is 14.6. The highest BCUT2D eigenvalue weighted by Gasteiger charge is 2.61. The number of carbonyl (C=O) groups excluding carboxylic acids is 3. The Bertz CT molecular complexity index is 1860. The number of hydrogen-bond acceptors (Lipinski definition) is 7. The third-order valence-corrected chi connectivity index (χ3v) is 8.95. The van der Waals surface area contributed by atoms with E-state index in [4.69, 9.17) is 16.7 Å². The molecule has 2 aromatic carbocycles. The molecular formula is C29H24ClF3N6O5S. The van der Waals surface area contributed by atoms with Gasteiger partial charge in [-0.2, -0.15) is 5.26 Å². The Kier molecular flexibility index (Phi) is 8.34. The Balaban J connectivity index is 1.71. The van der Waals surface area contributed by atoms with Crippen LogP contribution < -0.4 is 20.7 Å². The van der Waals surface area contributed by atoms with Crippen LogP contribution in [-0.2, 0) is 24.4 Å². The fraction of sp³-hybridized carbons (Fsp3) is 0.276. The highest BCUT2D eigenvalue weighted by molar-refractivity contribution is 7.89. The summed E-state index contributed by atoms with van der Waals surface area (Å²) in [5.74, 6) is -8.59. The molecule has 234 valence electrons. The normalized spacial score (nSPS) is 20.2. The molecule has 2 atom stereocenters. The Morgan fingerprint density at radius 2 is 1.87 bits per heavy atom. The fourth-order valence-corrected chi connectivity index (χ4v) is 6.53. The molecule has 1 aliphatic heterocycles. The average molecular weight is 661 g/mol. The molecule has 4 N–H and O–H groups in total. The zero-order valence-corrected chi connectivity index (χ0v) is 24.7. The van der Waals surface area contributed by atoms with Crippen LogP contribution in [0.15, 0.2) is 65.7 Å². The third-order valence-electron chi connectivity index (χ3n) is 7.72. The number of nitrogens with zero attached hydrogens (tertiary/aromatic N) is 3. The molecule has 3 amide bonds. The van der Waals surface area contributed by atoms with Crippen molar-refractivity contribution in [3.05, 3.63) is 82.8 Å². The van der Waals surface area contributed by atoms with Crippen LogP contribution in [0.3, 0.4) is 0 Å². The van der Waals surface area contributed by atoms with E-state index in [9.17, 15) is 41.2 Å². The molecule has 5 rings (SSSR count). The van der Waals surface area contributed by atoms with E-state index < -0.39 is 74.7 Å². The molecule has 1 unspecified atom stereocenters. The van der Waals surface area contributed by atoms with Gasteiger partial charge in [-0.1, -0.05) is 29.8 Å². The first-order valence-corrected chi connectivity index (χ1v) is 15.3. The number of aromatic nitrogens is 1. The van der Waals surface area contributed by atoms with Gasteiger partial charge in [-0.05, 0) is 48.4 Å². The highest BCUT2D eigenvalue weighted by Crippen LogP contribution is 2.48. The van der Waals surface area contributed by atoms with Gasteiger partial charge in [-0.15, -0.1) is 0 Å². The maximum Gasteiger partial charge on any atom is 0.252 e. The number of alkyl halides is 2. The second kappa shape index (κ2) is 11.8. The maximum absolute atomic E-state index is 14.6. The standard InChI is InChI=1S/C29H24ClF3N6O5S/c30-22-4-2-1-3-21(22)25(26(41)37-19-13-28(32,33)14-19)29(7-5-24(40)39(29)23-9-16(15-34)6-8-36-23)27(42)38-18-10-17(31)11-20(12-18)45(35,43)44/h1-4,6,8-12,19,25H,5,7,13-14H2,(H,37,41)(H,38,42)(H2,35,43,44)/t25-,29?/m1/s1. The molecule has 2 fully saturated rings. The number of halogens is 4. The van der Waals surface area contributed by atoms with Crippen molar-refractivity contribution in [3.63, 3.8) is 0 Å². The van der Waals surface area contributed by atoms with Crippen LogP contribution in [0.1, 0.15) is 42.7 Å². The van der Waals surface area contributed by atoms with Crippen molar-refractivity contribution in [2.24, 2.45) is 5.14 Å². The summed E-state index contributed by atoms with van der Waals surface area (Å²) in [4.78, 5) is 46.8. The SMILES string of the molecule is N#Cc1ccnc(N2C(=O)CCC2(C(=O)Nc2cc(F)cc(S(N)(=O)=O)c2)[C@@H](C(=O)NC2CC(F)(F)C2)c2ccccc2Cl)c1. The van der Waals surface area contributed by atoms with Crippen LogP contribution in [0.4, 0.5) is 24.7 Å². The van der Waals surface area contributed by atoms with Crippen molar-refractivity contribution in [1.82, 2.24) is 10.3 Å². The molecule has 1 saturated carbocycles. The van der Waals surface area contributed by atoms with Gasteiger partial charge in [0.15, 0.2) is 0 Å². The van der Waals surface area contributed by atoms with E-state index in [0.717, 1.165) is 17.0 Å². The molecule has 1 saturated heterocycles. The molecule has 1 aromatic heterocycles. The van der Waals surface area contributed by atoms with E-state index in [-0.39, 0.29) is 40.5 Å². The van der Waals surface area contributed by atoms with Crippen molar-refractivity contribution < 1.29 is 36.0 Å². The average Bonchev–Trinajstić information content (AvgIpc) is 3.30. The molecule has 45 heavy (non-hydrogen) atoms. The Morgan fingerprint density at radius 3 is 2.51 bits per heavy atom. The number of anilines is 2. The lowest BCUT2D eigenvalue weighted by Crippen LogP contribution is -2.63. The van der Waals surface area contributed by atoms with Gasteiger partial charge in [-0.25, -0.2) is 31.7 Å². The molecule has 3 aromatic rings. The second-order valence-electron chi connectivity index (χ2n) is 10.8. The lowest BCUT2D eigenvalue weighted by atomic mass is 9.74. The summed E-state index contributed by atoms with van der Waals surface area (Å²) in [5, 5.41) is 19.6. The quantitative estimate of drug-likeness (QED) is 0.331. The first-order valence-electron chi connectivity index (χ1n) is 13.4. The Labute approximate surface area is 260 Å². The van der Waals surface area contributed by atoms with Gasteiger partial charge >= 0.3 is 0 Å². The molecule has 2 heterocycles. The number of pyridine rings is 1. The minimum absolute atomic E-state index is 0.00376. The largest absolute Gasteiger partial charge is 0.352 e. The minimum atomic E-state index is -4.43. The van der Waals surface area contributed by atoms with Gasteiger partial charge in [0.2, 0.25) is 21.8 Å². The van der Waals surface area contributed by atoms with Crippen LogP contribution in [0.2, 0.25) is 5.02 Å². The molecule has 11 nitrogen and oxygen atoms in total. The summed E-state index contributed by atoms with van der Waals surface area (Å²) in [6.07, 6.45) is -0.749. The summed E-state index contributed by atoms with van der Waals surface area (Å²) in [6, 6.07) is 11.8. The highest BCUT2D eigenvalue weighted by atomic mass is 35.5. The molecule has 1 aliphatic carbocycles. The zero-order chi connectivity index (χ0) is 32.7. The van der Waals surface area contributed by atoms with Crippen molar-refractivity contribution in [2.45, 2.75) is 54.0 Å². The van der Waals surface area contributed by atoms with Gasteiger partial charge in [0.05, 0.1) is 22.4 Å². The fourth-order valence-electron chi connectivity index (χ4n) is 5.72. The van der Waals surface area contributed by atoms with Crippen molar-refractivity contribution in [1.29, 1.82) is 5.26 Å². The topological polar surface area (TPSA) is 175 Å². The summed E-state index contributed by atoms with van der Waals surface area (Å²) >= 11 is 6.54. The Hall–Kier alpha value is -4.52. The van der Waals surface area contributed by atoms with E-state index in [1.807, 2.05) is 6.07 Å². The number of nitrogens with one attached hydrogen (secondary N) is 2. The van der Waals surface area contributed by atoms with Crippen molar-refractivity contribution in [3.8, 4) is 6.07 Å². The predicted molar refractivity (Wildman–Crippen MR) is 155 cm³/mol. The molecule has 0 bridgehead atoms. The van der Waals surface area contributed by atoms with Gasteiger partial charge < -0.3 is 10.6 Å². The number of amides is 3. The summed E-state index contributed by atoms with van der Waals surface area (Å²) in [5.41, 5.74) is -2.50. The molecule has 0 radical (unpaired) electrons. The van der Waals surface area contributed by atoms with Crippen molar-refractivity contribution in [2.75, 3.05) is 10.2 Å². The van der Waals surface area contributed by atoms with Crippen LogP contribution in [0.5, 0.6) is 0 Å². The first-order chi connectivity index (χ1) is 21.1. The third kappa shape index (κ3) is 6.21. The lowest BCUT2D eigenvalue weighted by molar-refractivity contribution is -0.136. The number of nitriles is 1. The van der Waals surface area contributed by atoms with E-state index in [1.165, 1.54) is 36.5 Å². The number of benzene rings is 2. The van der Waals surface area contributed by atoms with Crippen molar-refractivity contribution >= 4 is 50.9 Å². The number of hydrogen-bond donors (Lipinski definition) is 3. The van der Waals surface area contributed by atoms with E-state index in [1.54, 1.807) is 6.07 Å². The summed E-state index contributed by atoms with van der Waals surface area (Å²) in [6.45, 7) is 0. The van der Waals surface area contributed by atoms with E-state index >= 15 is 0 Å². The number of nitrogens with two attached hydrogens (primary N) is 1. The number of primary sulfonamides is 1. The smallest absolute Gasteiger partial charge is 0.252 e. The summed E-state index contributed by atoms with van der Waals surface area (Å²) < 4.78 is 65.9. The summed E-state index contributed by atoms with van der Waals surface area (Å²) in [7, 11) is -4.43. The molecular weight excluding hydrogens is 637 g/mol. The van der Waals surface area contributed by atoms with Crippen LogP contribution in [0.25, 0.3) is 0 Å². The molecule has 16 heteroatoms. The predicted octanol–water partition coefficient (Wildman–Crippen LogP) is 3.60. The minimum Gasteiger partial charge on any atom is -0.352 e. The van der Waals surface area contributed by atoms with Crippen LogP contribution in [0, 0.1) is 17.1 Å². The zero-order valence-electron chi connectivity index (χ0n) is 23.1. The monoisotopic (exact) mass is 660 g/mol. The van der Waals surface area contributed by atoms with Crippen LogP contribution in [-0.4, -0.2) is 48.6 Å². The van der Waals surface area contributed by atoms with Gasteiger partial charge in [0.1, 0.15) is 17.2 Å². The number of sulfonamides is 1. The van der Waals surface area contributed by atoms with E-state index in [2.05, 4.69) is 15.6 Å². The lowest BCUT2D eigenvalue weighted by Gasteiger charge is -2.43. The molecule has 0 spiro atoms. The van der Waals surface area contributed by atoms with Crippen LogP contribution >= 0.6 is 11.6 Å². The van der Waals surface area contributed by atoms with Gasteiger partial charge in [0.25, 0.3) is 11.8 Å². The second-order valence-corrected chi connectivity index (χ2v) is 12.7. The molecule has 2 aliphatic rings. The number of rotatable bonds is 8. The number of carbonyl (C=O) groups is 3. The first kappa shape index (κ1) is 31.9.